The van der Waals surface area contributed by atoms with Gasteiger partial charge in [0.25, 0.3) is 0 Å². The molecule has 2 aromatic carbocycles. The van der Waals surface area contributed by atoms with Gasteiger partial charge in [0.1, 0.15) is 18.5 Å². The van der Waals surface area contributed by atoms with Gasteiger partial charge in [0.05, 0.1) is 11.9 Å². The SMILES string of the molecule is CCc1ccccc1CCNCC(O)COc1ccc(N(C)S(C)(=O)=O)cc1. The summed E-state index contributed by atoms with van der Waals surface area (Å²) in [6.45, 7) is 3.56. The summed E-state index contributed by atoms with van der Waals surface area (Å²) in [5.41, 5.74) is 3.25. The van der Waals surface area contributed by atoms with Gasteiger partial charge in [0.15, 0.2) is 0 Å². The van der Waals surface area contributed by atoms with Crippen LogP contribution in [0, 0.1) is 0 Å². The highest BCUT2D eigenvalue weighted by molar-refractivity contribution is 7.92. The molecule has 28 heavy (non-hydrogen) atoms. The zero-order chi connectivity index (χ0) is 20.6. The summed E-state index contributed by atoms with van der Waals surface area (Å²) in [6, 6.07) is 15.1. The van der Waals surface area contributed by atoms with E-state index in [1.807, 2.05) is 0 Å². The third kappa shape index (κ3) is 6.82. The van der Waals surface area contributed by atoms with Crippen molar-refractivity contribution in [1.82, 2.24) is 5.32 Å². The predicted octanol–water partition coefficient (Wildman–Crippen LogP) is 2.22. The first-order valence-electron chi connectivity index (χ1n) is 9.43. The number of rotatable bonds is 11. The average molecular weight is 407 g/mol. The minimum atomic E-state index is -3.29. The number of hydrogen-bond acceptors (Lipinski definition) is 5. The van der Waals surface area contributed by atoms with Gasteiger partial charge in [-0.25, -0.2) is 8.42 Å². The minimum absolute atomic E-state index is 0.166. The lowest BCUT2D eigenvalue weighted by Crippen LogP contribution is -2.32. The van der Waals surface area contributed by atoms with Gasteiger partial charge in [0.2, 0.25) is 10.0 Å². The van der Waals surface area contributed by atoms with Crippen LogP contribution >= 0.6 is 0 Å². The molecule has 0 heterocycles. The molecule has 0 aliphatic carbocycles. The number of aliphatic hydroxyl groups is 1. The van der Waals surface area contributed by atoms with Crippen molar-refractivity contribution in [2.45, 2.75) is 25.9 Å². The monoisotopic (exact) mass is 406 g/mol. The molecule has 0 aliphatic heterocycles. The fraction of sp³-hybridized carbons (Fsp3) is 0.429. The average Bonchev–Trinajstić information content (AvgIpc) is 2.69. The highest BCUT2D eigenvalue weighted by atomic mass is 32.2. The van der Waals surface area contributed by atoms with Crippen LogP contribution in [-0.2, 0) is 22.9 Å². The topological polar surface area (TPSA) is 78.9 Å². The minimum Gasteiger partial charge on any atom is -0.491 e. The molecule has 154 valence electrons. The fourth-order valence-electron chi connectivity index (χ4n) is 2.83. The van der Waals surface area contributed by atoms with Crippen molar-refractivity contribution in [3.05, 3.63) is 59.7 Å². The molecule has 0 radical (unpaired) electrons. The van der Waals surface area contributed by atoms with E-state index >= 15 is 0 Å². The van der Waals surface area contributed by atoms with E-state index in [-0.39, 0.29) is 6.61 Å². The van der Waals surface area contributed by atoms with E-state index in [4.69, 9.17) is 4.74 Å². The van der Waals surface area contributed by atoms with Crippen LogP contribution in [0.1, 0.15) is 18.1 Å². The molecule has 0 aromatic heterocycles. The van der Waals surface area contributed by atoms with Crippen LogP contribution in [0.2, 0.25) is 0 Å². The molecule has 0 aliphatic rings. The summed E-state index contributed by atoms with van der Waals surface area (Å²) in [4.78, 5) is 0. The summed E-state index contributed by atoms with van der Waals surface area (Å²) in [5, 5.41) is 13.3. The molecule has 0 saturated carbocycles. The van der Waals surface area contributed by atoms with Crippen LogP contribution in [0.4, 0.5) is 5.69 Å². The number of hydrogen-bond donors (Lipinski definition) is 2. The van der Waals surface area contributed by atoms with Crippen LogP contribution < -0.4 is 14.4 Å². The van der Waals surface area contributed by atoms with Crippen molar-refractivity contribution in [2.75, 3.05) is 37.3 Å². The number of nitrogens with one attached hydrogen (secondary N) is 1. The van der Waals surface area contributed by atoms with Gasteiger partial charge in [-0.2, -0.15) is 0 Å². The summed E-state index contributed by atoms with van der Waals surface area (Å²) in [6.07, 6.45) is 2.47. The Hall–Kier alpha value is -2.09. The maximum absolute atomic E-state index is 11.5. The smallest absolute Gasteiger partial charge is 0.231 e. The van der Waals surface area contributed by atoms with Crippen LogP contribution in [0.5, 0.6) is 5.75 Å². The first kappa shape index (κ1) is 22.2. The maximum Gasteiger partial charge on any atom is 0.231 e. The van der Waals surface area contributed by atoms with Crippen molar-refractivity contribution in [3.8, 4) is 5.75 Å². The molecule has 0 spiro atoms. The number of aliphatic hydroxyl groups excluding tert-OH is 1. The fourth-order valence-corrected chi connectivity index (χ4v) is 3.34. The summed E-state index contributed by atoms with van der Waals surface area (Å²) in [5.74, 6) is 0.585. The Kier molecular flexibility index (Phi) is 8.29. The molecule has 6 nitrogen and oxygen atoms in total. The Balaban J connectivity index is 1.71. The van der Waals surface area contributed by atoms with Gasteiger partial charge in [-0.1, -0.05) is 31.2 Å². The van der Waals surface area contributed by atoms with Crippen LogP contribution in [0.25, 0.3) is 0 Å². The van der Waals surface area contributed by atoms with E-state index in [1.54, 1.807) is 24.3 Å². The lowest BCUT2D eigenvalue weighted by atomic mass is 10.0. The van der Waals surface area contributed by atoms with Crippen LogP contribution in [0.3, 0.4) is 0 Å². The lowest BCUT2D eigenvalue weighted by Gasteiger charge is -2.17. The van der Waals surface area contributed by atoms with Crippen LogP contribution in [-0.4, -0.2) is 52.6 Å². The highest BCUT2D eigenvalue weighted by Crippen LogP contribution is 2.20. The number of ether oxygens (including phenoxy) is 1. The van der Waals surface area contributed by atoms with Gasteiger partial charge in [0, 0.05) is 13.6 Å². The van der Waals surface area contributed by atoms with E-state index in [2.05, 4.69) is 36.5 Å². The van der Waals surface area contributed by atoms with Gasteiger partial charge >= 0.3 is 0 Å². The zero-order valence-electron chi connectivity index (χ0n) is 16.8. The second-order valence-electron chi connectivity index (χ2n) is 6.77. The quantitative estimate of drug-likeness (QED) is 0.560. The van der Waals surface area contributed by atoms with Gasteiger partial charge in [-0.3, -0.25) is 4.31 Å². The zero-order valence-corrected chi connectivity index (χ0v) is 17.6. The third-order valence-electron chi connectivity index (χ3n) is 4.59. The second kappa shape index (κ2) is 10.5. The molecule has 0 saturated heterocycles. The Morgan fingerprint density at radius 3 is 2.36 bits per heavy atom. The first-order chi connectivity index (χ1) is 13.3. The van der Waals surface area contributed by atoms with Crippen molar-refractivity contribution < 1.29 is 18.3 Å². The van der Waals surface area contributed by atoms with E-state index in [1.165, 1.54) is 22.5 Å². The molecule has 2 N–H and O–H groups in total. The lowest BCUT2D eigenvalue weighted by molar-refractivity contribution is 0.106. The standard InChI is InChI=1S/C21H30N2O4S/c1-4-17-7-5-6-8-18(17)13-14-22-15-20(24)16-27-21-11-9-19(10-12-21)23(2)28(3,25)26/h5-12,20,22,24H,4,13-16H2,1-3H3. The largest absolute Gasteiger partial charge is 0.491 e. The molecule has 1 atom stereocenters. The molecule has 7 heteroatoms. The second-order valence-corrected chi connectivity index (χ2v) is 8.78. The summed E-state index contributed by atoms with van der Waals surface area (Å²) >= 11 is 0. The summed E-state index contributed by atoms with van der Waals surface area (Å²) in [7, 11) is -1.79. The van der Waals surface area contributed by atoms with Gasteiger partial charge in [-0.05, 0) is 54.8 Å². The Morgan fingerprint density at radius 1 is 1.11 bits per heavy atom. The molecule has 2 aromatic rings. The number of nitrogens with zero attached hydrogens (tertiary/aromatic N) is 1. The molecular weight excluding hydrogens is 376 g/mol. The summed E-state index contributed by atoms with van der Waals surface area (Å²) < 4.78 is 29.9. The van der Waals surface area contributed by atoms with Crippen molar-refractivity contribution >= 4 is 15.7 Å². The van der Waals surface area contributed by atoms with E-state index in [0.717, 1.165) is 25.6 Å². The molecular formula is C21H30N2O4S. The number of aryl methyl sites for hydroxylation is 1. The Morgan fingerprint density at radius 2 is 1.75 bits per heavy atom. The Bertz CT molecular complexity index is 838. The molecule has 2 rings (SSSR count). The normalized spacial score (nSPS) is 12.6. The number of benzene rings is 2. The van der Waals surface area contributed by atoms with Crippen molar-refractivity contribution in [2.24, 2.45) is 0 Å². The van der Waals surface area contributed by atoms with Crippen molar-refractivity contribution in [1.29, 1.82) is 0 Å². The van der Waals surface area contributed by atoms with Crippen LogP contribution in [0.15, 0.2) is 48.5 Å². The van der Waals surface area contributed by atoms with Crippen molar-refractivity contribution in [3.63, 3.8) is 0 Å². The maximum atomic E-state index is 11.5. The number of sulfonamides is 1. The third-order valence-corrected chi connectivity index (χ3v) is 5.80. The van der Waals surface area contributed by atoms with Gasteiger partial charge in [-0.15, -0.1) is 0 Å². The number of anilines is 1. The van der Waals surface area contributed by atoms with E-state index in [9.17, 15) is 13.5 Å². The first-order valence-corrected chi connectivity index (χ1v) is 11.3. The molecule has 0 fully saturated rings. The molecule has 0 amide bonds. The predicted molar refractivity (Wildman–Crippen MR) is 114 cm³/mol. The molecule has 0 bridgehead atoms. The highest BCUT2D eigenvalue weighted by Gasteiger charge is 2.12. The van der Waals surface area contributed by atoms with E-state index < -0.39 is 16.1 Å². The van der Waals surface area contributed by atoms with Gasteiger partial charge < -0.3 is 15.2 Å². The van der Waals surface area contributed by atoms with E-state index in [0.29, 0.717) is 18.0 Å². The Labute approximate surface area is 168 Å². The molecule has 1 unspecified atom stereocenters.